The van der Waals surface area contributed by atoms with Gasteiger partial charge in [-0.2, -0.15) is 12.6 Å². The summed E-state index contributed by atoms with van der Waals surface area (Å²) < 4.78 is 0. The molecule has 23 heavy (non-hydrogen) atoms. The number of nitrogens with zero attached hydrogens (tertiary/aromatic N) is 2. The molecule has 0 radical (unpaired) electrons. The number of thiol groups is 1. The van der Waals surface area contributed by atoms with Crippen LogP contribution in [-0.4, -0.2) is 46.1 Å². The van der Waals surface area contributed by atoms with Crippen LogP contribution in [0.3, 0.4) is 0 Å². The van der Waals surface area contributed by atoms with Gasteiger partial charge in [0.2, 0.25) is 11.8 Å². The topological polar surface area (TPSA) is 62.3 Å². The van der Waals surface area contributed by atoms with Gasteiger partial charge in [0.15, 0.2) is 0 Å². The van der Waals surface area contributed by atoms with Gasteiger partial charge in [0, 0.05) is 31.1 Å². The monoisotopic (exact) mass is 335 g/mol. The Morgan fingerprint density at radius 3 is 2.78 bits per heavy atom. The van der Waals surface area contributed by atoms with E-state index in [9.17, 15) is 9.59 Å². The highest BCUT2D eigenvalue weighted by atomic mass is 32.1. The fourth-order valence-electron chi connectivity index (χ4n) is 2.87. The van der Waals surface area contributed by atoms with E-state index in [1.54, 1.807) is 17.3 Å². The highest BCUT2D eigenvalue weighted by molar-refractivity contribution is 7.80. The fraction of sp³-hybridized carbons (Fsp3) is 0.588. The Labute approximate surface area is 143 Å². The molecule has 0 spiro atoms. The molecular weight excluding hydrogens is 310 g/mol. The number of piperazine rings is 1. The molecule has 1 saturated heterocycles. The summed E-state index contributed by atoms with van der Waals surface area (Å²) >= 11 is 4.25. The first-order valence-corrected chi connectivity index (χ1v) is 8.91. The van der Waals surface area contributed by atoms with Gasteiger partial charge in [-0.1, -0.05) is 32.3 Å². The molecule has 2 heterocycles. The van der Waals surface area contributed by atoms with Crippen LogP contribution in [0.15, 0.2) is 24.5 Å². The minimum absolute atomic E-state index is 0.0102. The maximum absolute atomic E-state index is 12.8. The van der Waals surface area contributed by atoms with Gasteiger partial charge in [-0.25, -0.2) is 0 Å². The molecule has 1 fully saturated rings. The standard InChI is InChI=1S/C17H25N3O2S/c1-2-3-4-5-9-20-15(12-23)16(21)19-14(17(20)22)10-13-7-6-8-18-11-13/h6-8,11,14-15,23H,2-5,9-10,12H2,1H3,(H,19,21)/t14-,15+/m0/s1. The molecule has 0 saturated carbocycles. The van der Waals surface area contributed by atoms with Gasteiger partial charge in [0.1, 0.15) is 12.1 Å². The lowest BCUT2D eigenvalue weighted by Gasteiger charge is -2.38. The number of carbonyl (C=O) groups excluding carboxylic acids is 2. The highest BCUT2D eigenvalue weighted by Gasteiger charge is 2.39. The molecule has 1 aromatic rings. The minimum Gasteiger partial charge on any atom is -0.342 e. The maximum Gasteiger partial charge on any atom is 0.246 e. The van der Waals surface area contributed by atoms with E-state index in [0.29, 0.717) is 18.7 Å². The second kappa shape index (κ2) is 8.91. The van der Waals surface area contributed by atoms with E-state index in [1.165, 1.54) is 0 Å². The summed E-state index contributed by atoms with van der Waals surface area (Å²) in [6.07, 6.45) is 8.21. The van der Waals surface area contributed by atoms with Crippen LogP contribution in [0.1, 0.15) is 38.2 Å². The average Bonchev–Trinajstić information content (AvgIpc) is 2.56. The molecule has 2 atom stereocenters. The summed E-state index contributed by atoms with van der Waals surface area (Å²) in [4.78, 5) is 30.8. The number of hydrogen-bond donors (Lipinski definition) is 2. The molecule has 6 heteroatoms. The normalized spacial score (nSPS) is 21.4. The Morgan fingerprint density at radius 2 is 2.13 bits per heavy atom. The van der Waals surface area contributed by atoms with Gasteiger partial charge in [0.25, 0.3) is 0 Å². The van der Waals surface area contributed by atoms with Crippen molar-refractivity contribution in [1.82, 2.24) is 15.2 Å². The van der Waals surface area contributed by atoms with Gasteiger partial charge in [-0.3, -0.25) is 14.6 Å². The van der Waals surface area contributed by atoms with Crippen LogP contribution < -0.4 is 5.32 Å². The van der Waals surface area contributed by atoms with Crippen LogP contribution in [0.2, 0.25) is 0 Å². The molecule has 0 aromatic carbocycles. The molecule has 1 N–H and O–H groups in total. The molecule has 0 unspecified atom stereocenters. The third-order valence-electron chi connectivity index (χ3n) is 4.16. The van der Waals surface area contributed by atoms with Crippen molar-refractivity contribution >= 4 is 24.4 Å². The first-order chi connectivity index (χ1) is 11.2. The van der Waals surface area contributed by atoms with Crippen LogP contribution in [0, 0.1) is 0 Å². The molecule has 1 aromatic heterocycles. The molecule has 1 aliphatic rings. The predicted octanol–water partition coefficient (Wildman–Crippen LogP) is 1.83. The summed E-state index contributed by atoms with van der Waals surface area (Å²) in [5.41, 5.74) is 0.946. The SMILES string of the molecule is CCCCCCN1C(=O)[C@H](Cc2cccnc2)NC(=O)[C@H]1CS. The number of aromatic nitrogens is 1. The van der Waals surface area contributed by atoms with Gasteiger partial charge in [0.05, 0.1) is 0 Å². The summed E-state index contributed by atoms with van der Waals surface area (Å²) in [7, 11) is 0. The first kappa shape index (κ1) is 17.8. The summed E-state index contributed by atoms with van der Waals surface area (Å²) in [6.45, 7) is 2.78. The van der Waals surface area contributed by atoms with E-state index in [-0.39, 0.29) is 11.8 Å². The average molecular weight is 335 g/mol. The Morgan fingerprint density at radius 1 is 1.30 bits per heavy atom. The Hall–Kier alpha value is -1.56. The van der Waals surface area contributed by atoms with Crippen LogP contribution >= 0.6 is 12.6 Å². The number of carbonyl (C=O) groups is 2. The third-order valence-corrected chi connectivity index (χ3v) is 4.51. The lowest BCUT2D eigenvalue weighted by molar-refractivity contribution is -0.148. The zero-order valence-corrected chi connectivity index (χ0v) is 14.5. The quantitative estimate of drug-likeness (QED) is 0.563. The lowest BCUT2D eigenvalue weighted by Crippen LogP contribution is -2.64. The van der Waals surface area contributed by atoms with Crippen LogP contribution in [0.25, 0.3) is 0 Å². The number of pyridine rings is 1. The minimum atomic E-state index is -0.506. The van der Waals surface area contributed by atoms with E-state index < -0.39 is 12.1 Å². The van der Waals surface area contributed by atoms with Crippen molar-refractivity contribution in [2.24, 2.45) is 0 Å². The van der Waals surface area contributed by atoms with E-state index in [2.05, 4.69) is 29.9 Å². The van der Waals surface area contributed by atoms with Crippen molar-refractivity contribution in [1.29, 1.82) is 0 Å². The van der Waals surface area contributed by atoms with E-state index in [0.717, 1.165) is 31.2 Å². The second-order valence-electron chi connectivity index (χ2n) is 5.92. The Balaban J connectivity index is 2.04. The van der Waals surface area contributed by atoms with E-state index >= 15 is 0 Å². The zero-order chi connectivity index (χ0) is 16.7. The van der Waals surface area contributed by atoms with Crippen molar-refractivity contribution in [3.63, 3.8) is 0 Å². The van der Waals surface area contributed by atoms with Gasteiger partial charge >= 0.3 is 0 Å². The smallest absolute Gasteiger partial charge is 0.246 e. The van der Waals surface area contributed by atoms with Gasteiger partial charge < -0.3 is 10.2 Å². The Kier molecular flexibility index (Phi) is 6.89. The summed E-state index contributed by atoms with van der Waals surface area (Å²) in [5, 5.41) is 2.84. The largest absolute Gasteiger partial charge is 0.342 e. The molecule has 0 aliphatic carbocycles. The van der Waals surface area contributed by atoms with Crippen molar-refractivity contribution in [2.75, 3.05) is 12.3 Å². The predicted molar refractivity (Wildman–Crippen MR) is 93.4 cm³/mol. The number of hydrogen-bond acceptors (Lipinski definition) is 4. The summed E-state index contributed by atoms with van der Waals surface area (Å²) in [6, 6.07) is 2.79. The van der Waals surface area contributed by atoms with E-state index in [1.807, 2.05) is 12.1 Å². The number of amides is 2. The maximum atomic E-state index is 12.8. The Bertz CT molecular complexity index is 524. The molecular formula is C17H25N3O2S. The second-order valence-corrected chi connectivity index (χ2v) is 6.28. The molecule has 2 amide bonds. The van der Waals surface area contributed by atoms with Gasteiger partial charge in [-0.15, -0.1) is 0 Å². The molecule has 5 nitrogen and oxygen atoms in total. The summed E-state index contributed by atoms with van der Waals surface area (Å²) in [5.74, 6) is 0.235. The number of rotatable bonds is 8. The van der Waals surface area contributed by atoms with Crippen molar-refractivity contribution in [2.45, 2.75) is 51.1 Å². The highest BCUT2D eigenvalue weighted by Crippen LogP contribution is 2.16. The van der Waals surface area contributed by atoms with Crippen LogP contribution in [0.4, 0.5) is 0 Å². The van der Waals surface area contributed by atoms with Gasteiger partial charge in [-0.05, 0) is 18.1 Å². The molecule has 2 rings (SSSR count). The third kappa shape index (κ3) is 4.70. The van der Waals surface area contributed by atoms with Crippen molar-refractivity contribution in [3.8, 4) is 0 Å². The van der Waals surface area contributed by atoms with Crippen molar-refractivity contribution < 1.29 is 9.59 Å². The molecule has 0 bridgehead atoms. The van der Waals surface area contributed by atoms with Crippen LogP contribution in [-0.2, 0) is 16.0 Å². The van der Waals surface area contributed by atoms with E-state index in [4.69, 9.17) is 0 Å². The zero-order valence-electron chi connectivity index (χ0n) is 13.6. The van der Waals surface area contributed by atoms with Crippen molar-refractivity contribution in [3.05, 3.63) is 30.1 Å². The number of nitrogens with one attached hydrogen (secondary N) is 1. The van der Waals surface area contributed by atoms with Crippen LogP contribution in [0.5, 0.6) is 0 Å². The first-order valence-electron chi connectivity index (χ1n) is 8.28. The molecule has 1 aliphatic heterocycles. The fourth-order valence-corrected chi connectivity index (χ4v) is 3.24. The number of unbranched alkanes of at least 4 members (excludes halogenated alkanes) is 3. The molecule has 126 valence electrons. The lowest BCUT2D eigenvalue weighted by atomic mass is 10.0.